The molecule has 0 spiro atoms. The fraction of sp³-hybridized carbons (Fsp3) is 0.750. The number of aliphatic carboxylic acids is 2. The van der Waals surface area contributed by atoms with Crippen LogP contribution in [0.25, 0.3) is 0 Å². The summed E-state index contributed by atoms with van der Waals surface area (Å²) in [7, 11) is 0. The molecule has 5 heteroatoms. The predicted octanol–water partition coefficient (Wildman–Crippen LogP) is 4.55. The van der Waals surface area contributed by atoms with Gasteiger partial charge in [-0.3, -0.25) is 0 Å². The van der Waals surface area contributed by atoms with Crippen LogP contribution < -0.4 is 0 Å². The highest BCUT2D eigenvalue weighted by atomic mass is 32.1. The first kappa shape index (κ1) is 22.3. The van der Waals surface area contributed by atoms with E-state index in [-0.39, 0.29) is 0 Å². The Morgan fingerprint density at radius 2 is 1.10 bits per heavy atom. The number of carboxylic acids is 2. The maximum Gasteiger partial charge on any atom is 0.328 e. The number of carbonyl (C=O) groups is 2. The van der Waals surface area contributed by atoms with E-state index < -0.39 is 11.9 Å². The van der Waals surface area contributed by atoms with Gasteiger partial charge in [-0.25, -0.2) is 9.59 Å². The third-order valence-corrected chi connectivity index (χ3v) is 3.20. The Morgan fingerprint density at radius 1 is 0.762 bits per heavy atom. The molecule has 124 valence electrons. The van der Waals surface area contributed by atoms with Crippen molar-refractivity contribution in [2.75, 3.05) is 5.75 Å². The molecule has 2 N–H and O–H groups in total. The first-order chi connectivity index (χ1) is 10.0. The van der Waals surface area contributed by atoms with Crippen LogP contribution in [0.5, 0.6) is 0 Å². The van der Waals surface area contributed by atoms with Gasteiger partial charge in [0.25, 0.3) is 0 Å². The van der Waals surface area contributed by atoms with Crippen LogP contribution in [0.4, 0.5) is 0 Å². The highest BCUT2D eigenvalue weighted by Crippen LogP contribution is 2.10. The van der Waals surface area contributed by atoms with Gasteiger partial charge in [0, 0.05) is 12.2 Å². The average Bonchev–Trinajstić information content (AvgIpc) is 2.44. The Morgan fingerprint density at radius 3 is 1.38 bits per heavy atom. The number of hydrogen-bond acceptors (Lipinski definition) is 3. The van der Waals surface area contributed by atoms with Crippen molar-refractivity contribution in [1.82, 2.24) is 0 Å². The summed E-state index contributed by atoms with van der Waals surface area (Å²) >= 11 is 4.20. The Hall–Kier alpha value is -0.970. The van der Waals surface area contributed by atoms with E-state index in [9.17, 15) is 9.59 Å². The predicted molar refractivity (Wildman–Crippen MR) is 90.1 cm³/mol. The topological polar surface area (TPSA) is 74.6 Å². The summed E-state index contributed by atoms with van der Waals surface area (Å²) < 4.78 is 0. The summed E-state index contributed by atoms with van der Waals surface area (Å²) in [6.45, 7) is 2.28. The number of unbranched alkanes of at least 4 members (excludes halogenated alkanes) is 9. The van der Waals surface area contributed by atoms with Gasteiger partial charge in [0.15, 0.2) is 0 Å². The lowest BCUT2D eigenvalue weighted by molar-refractivity contribution is -0.134. The van der Waals surface area contributed by atoms with E-state index in [1.807, 2.05) is 0 Å². The van der Waals surface area contributed by atoms with Crippen molar-refractivity contribution in [1.29, 1.82) is 0 Å². The fourth-order valence-electron chi connectivity index (χ4n) is 1.74. The van der Waals surface area contributed by atoms with Gasteiger partial charge in [-0.15, -0.1) is 0 Å². The molecule has 0 saturated carbocycles. The van der Waals surface area contributed by atoms with E-state index in [1.165, 1.54) is 64.2 Å². The van der Waals surface area contributed by atoms with E-state index in [1.54, 1.807) is 0 Å². The number of hydrogen-bond donors (Lipinski definition) is 3. The zero-order valence-corrected chi connectivity index (χ0v) is 14.0. The minimum absolute atomic E-state index is 0.558. The lowest BCUT2D eigenvalue weighted by Gasteiger charge is -2.00. The first-order valence-electron chi connectivity index (χ1n) is 7.79. The molecule has 0 radical (unpaired) electrons. The maximum absolute atomic E-state index is 9.55. The smallest absolute Gasteiger partial charge is 0.328 e. The van der Waals surface area contributed by atoms with Crippen molar-refractivity contribution in [3.05, 3.63) is 12.2 Å². The molecule has 0 aliphatic carbocycles. The van der Waals surface area contributed by atoms with Crippen LogP contribution in [-0.4, -0.2) is 27.9 Å². The SMILES string of the molecule is CCCCCCCCCCCCS.O=C(O)/C=C\C(=O)O. The molecule has 0 aromatic heterocycles. The molecule has 0 atom stereocenters. The molecule has 0 aliphatic heterocycles. The highest BCUT2D eigenvalue weighted by molar-refractivity contribution is 7.80. The minimum atomic E-state index is -1.26. The molecule has 4 nitrogen and oxygen atoms in total. The van der Waals surface area contributed by atoms with Crippen molar-refractivity contribution in [3.63, 3.8) is 0 Å². The van der Waals surface area contributed by atoms with E-state index in [0.29, 0.717) is 12.2 Å². The second-order valence-corrected chi connectivity index (χ2v) is 5.36. The van der Waals surface area contributed by atoms with Gasteiger partial charge in [-0.05, 0) is 12.2 Å². The third kappa shape index (κ3) is 28.0. The summed E-state index contributed by atoms with van der Waals surface area (Å²) in [5, 5.41) is 15.6. The Kier molecular flexibility index (Phi) is 20.2. The zero-order valence-electron chi connectivity index (χ0n) is 13.1. The van der Waals surface area contributed by atoms with Gasteiger partial charge in [-0.2, -0.15) is 12.6 Å². The summed E-state index contributed by atoms with van der Waals surface area (Å²) in [6, 6.07) is 0. The molecule has 0 bridgehead atoms. The van der Waals surface area contributed by atoms with Gasteiger partial charge in [-0.1, -0.05) is 64.7 Å². The van der Waals surface area contributed by atoms with Gasteiger partial charge in [0.05, 0.1) is 0 Å². The van der Waals surface area contributed by atoms with Crippen molar-refractivity contribution in [2.45, 2.75) is 71.1 Å². The Bertz CT molecular complexity index is 251. The quantitative estimate of drug-likeness (QED) is 0.280. The summed E-state index contributed by atoms with van der Waals surface area (Å²) in [4.78, 5) is 19.1. The molecule has 0 saturated heterocycles. The molecule has 0 aliphatic rings. The largest absolute Gasteiger partial charge is 0.478 e. The van der Waals surface area contributed by atoms with Crippen molar-refractivity contribution >= 4 is 24.6 Å². The number of rotatable bonds is 12. The number of carboxylic acid groups (broad SMARTS) is 2. The van der Waals surface area contributed by atoms with Crippen molar-refractivity contribution in [2.24, 2.45) is 0 Å². The Balaban J connectivity index is 0. The van der Waals surface area contributed by atoms with Gasteiger partial charge in [0.1, 0.15) is 0 Å². The molecule has 0 aromatic rings. The van der Waals surface area contributed by atoms with Crippen LogP contribution in [0.1, 0.15) is 71.1 Å². The second kappa shape index (κ2) is 19.0. The second-order valence-electron chi connectivity index (χ2n) is 4.92. The van der Waals surface area contributed by atoms with Gasteiger partial charge >= 0.3 is 11.9 Å². The highest BCUT2D eigenvalue weighted by Gasteiger charge is 1.91. The normalized spacial score (nSPS) is 10.2. The summed E-state index contributed by atoms with van der Waals surface area (Å²) in [5.41, 5.74) is 0. The molecule has 0 aromatic carbocycles. The summed E-state index contributed by atoms with van der Waals surface area (Å²) in [6.07, 6.45) is 15.3. The molecule has 0 heterocycles. The van der Waals surface area contributed by atoms with Crippen molar-refractivity contribution in [3.8, 4) is 0 Å². The van der Waals surface area contributed by atoms with Gasteiger partial charge in [0.2, 0.25) is 0 Å². The van der Waals surface area contributed by atoms with Crippen molar-refractivity contribution < 1.29 is 19.8 Å². The molecule has 0 amide bonds. The molecule has 21 heavy (non-hydrogen) atoms. The lowest BCUT2D eigenvalue weighted by Crippen LogP contribution is -1.91. The lowest BCUT2D eigenvalue weighted by atomic mass is 10.1. The van der Waals surface area contributed by atoms with Crippen LogP contribution in [-0.2, 0) is 9.59 Å². The third-order valence-electron chi connectivity index (χ3n) is 2.88. The maximum atomic E-state index is 9.55. The monoisotopic (exact) mass is 318 g/mol. The molecule has 0 fully saturated rings. The van der Waals surface area contributed by atoms with E-state index in [2.05, 4.69) is 19.6 Å². The standard InChI is InChI=1S/C12H26S.C4H4O4/c1-2-3-4-5-6-7-8-9-10-11-12-13;5-3(6)1-2-4(7)8/h13H,2-12H2,1H3;1-2H,(H,5,6)(H,7,8)/b;2-1-. The number of thiol groups is 1. The fourth-order valence-corrected chi connectivity index (χ4v) is 1.97. The van der Waals surface area contributed by atoms with Crippen LogP contribution in [0.3, 0.4) is 0 Å². The van der Waals surface area contributed by atoms with E-state index in [4.69, 9.17) is 10.2 Å². The van der Waals surface area contributed by atoms with Crippen LogP contribution in [0, 0.1) is 0 Å². The van der Waals surface area contributed by atoms with Gasteiger partial charge < -0.3 is 10.2 Å². The van der Waals surface area contributed by atoms with Crippen LogP contribution in [0.15, 0.2) is 12.2 Å². The molecule has 0 rings (SSSR count). The first-order valence-corrected chi connectivity index (χ1v) is 8.42. The van der Waals surface area contributed by atoms with Crippen LogP contribution >= 0.6 is 12.6 Å². The van der Waals surface area contributed by atoms with E-state index >= 15 is 0 Å². The average molecular weight is 318 g/mol. The van der Waals surface area contributed by atoms with E-state index in [0.717, 1.165) is 5.75 Å². The molecular formula is C16H30O4S. The Labute approximate surface area is 134 Å². The molecule has 0 unspecified atom stereocenters. The van der Waals surface area contributed by atoms with Crippen LogP contribution in [0.2, 0.25) is 0 Å². The molecular weight excluding hydrogens is 288 g/mol. The minimum Gasteiger partial charge on any atom is -0.478 e. The zero-order chi connectivity index (χ0) is 16.3. The summed E-state index contributed by atoms with van der Waals surface area (Å²) in [5.74, 6) is -1.45.